The summed E-state index contributed by atoms with van der Waals surface area (Å²) < 4.78 is 0. The molecule has 0 unspecified atom stereocenters. The molecule has 0 bridgehead atoms. The van der Waals surface area contributed by atoms with E-state index >= 15 is 0 Å². The van der Waals surface area contributed by atoms with Crippen LogP contribution in [-0.2, 0) is 6.54 Å². The third-order valence-corrected chi connectivity index (χ3v) is 4.04. The Morgan fingerprint density at radius 3 is 2.38 bits per heavy atom. The van der Waals surface area contributed by atoms with Gasteiger partial charge in [0.05, 0.1) is 24.0 Å². The summed E-state index contributed by atoms with van der Waals surface area (Å²) in [7, 11) is 0. The maximum Gasteiger partial charge on any atom is 0.260 e. The number of anilines is 1. The summed E-state index contributed by atoms with van der Waals surface area (Å²) in [4.78, 5) is 14.9. The first-order chi connectivity index (χ1) is 11.7. The van der Waals surface area contributed by atoms with Gasteiger partial charge in [-0.15, -0.1) is 0 Å². The molecule has 4 heteroatoms. The van der Waals surface area contributed by atoms with E-state index in [0.29, 0.717) is 17.8 Å². The van der Waals surface area contributed by atoms with Crippen LogP contribution in [0.2, 0.25) is 0 Å². The molecule has 0 atom stereocenters. The normalized spacial score (nSPS) is 10.4. The van der Waals surface area contributed by atoms with E-state index in [1.54, 1.807) is 24.1 Å². The molecule has 0 radical (unpaired) electrons. The predicted octanol–water partition coefficient (Wildman–Crippen LogP) is 3.94. The molecule has 1 aromatic heterocycles. The van der Waals surface area contributed by atoms with Gasteiger partial charge in [-0.2, -0.15) is 10.2 Å². The van der Waals surface area contributed by atoms with Crippen LogP contribution in [0.3, 0.4) is 0 Å². The summed E-state index contributed by atoms with van der Waals surface area (Å²) in [6, 6.07) is 19.5. The van der Waals surface area contributed by atoms with Crippen LogP contribution in [0.4, 0.5) is 5.69 Å². The third kappa shape index (κ3) is 3.33. The molecule has 0 saturated heterocycles. The number of hydrogen-bond acceptors (Lipinski definition) is 3. The molecule has 2 aromatic carbocycles. The first kappa shape index (κ1) is 15.9. The standard InChI is InChI=1S/C20H19N3O/c1-15-8-6-7-9-17(15)14-23(18-10-4-3-5-11-18)20(24)19-12-13-21-22-16(19)2/h3-13H,14H2,1-2H3. The Hall–Kier alpha value is -3.01. The zero-order valence-corrected chi connectivity index (χ0v) is 13.8. The maximum absolute atomic E-state index is 13.1. The van der Waals surface area contributed by atoms with Crippen LogP contribution in [0.25, 0.3) is 0 Å². The van der Waals surface area contributed by atoms with Crippen LogP contribution >= 0.6 is 0 Å². The van der Waals surface area contributed by atoms with E-state index < -0.39 is 0 Å². The summed E-state index contributed by atoms with van der Waals surface area (Å²) in [5.74, 6) is -0.0724. The largest absolute Gasteiger partial charge is 0.304 e. The lowest BCUT2D eigenvalue weighted by Crippen LogP contribution is -2.31. The van der Waals surface area contributed by atoms with Gasteiger partial charge in [-0.05, 0) is 43.2 Å². The highest BCUT2D eigenvalue weighted by Crippen LogP contribution is 2.22. The van der Waals surface area contributed by atoms with Crippen molar-refractivity contribution >= 4 is 11.6 Å². The number of rotatable bonds is 4. The molecule has 0 fully saturated rings. The molecule has 1 amide bonds. The van der Waals surface area contributed by atoms with Gasteiger partial charge in [-0.25, -0.2) is 0 Å². The van der Waals surface area contributed by atoms with Crippen LogP contribution in [-0.4, -0.2) is 16.1 Å². The summed E-state index contributed by atoms with van der Waals surface area (Å²) >= 11 is 0. The van der Waals surface area contributed by atoms with E-state index in [1.165, 1.54) is 0 Å². The summed E-state index contributed by atoms with van der Waals surface area (Å²) in [6.45, 7) is 4.37. The van der Waals surface area contributed by atoms with Gasteiger partial charge in [0.25, 0.3) is 5.91 Å². The number of aryl methyl sites for hydroxylation is 2. The Bertz CT molecular complexity index is 846. The molecule has 0 spiro atoms. The van der Waals surface area contributed by atoms with Crippen molar-refractivity contribution in [3.05, 3.63) is 89.2 Å². The minimum absolute atomic E-state index is 0.0724. The van der Waals surface area contributed by atoms with Gasteiger partial charge in [0.1, 0.15) is 0 Å². The zero-order valence-electron chi connectivity index (χ0n) is 13.8. The molecule has 0 saturated carbocycles. The molecule has 0 aliphatic rings. The van der Waals surface area contributed by atoms with E-state index in [2.05, 4.69) is 29.3 Å². The van der Waals surface area contributed by atoms with Gasteiger partial charge in [-0.1, -0.05) is 42.5 Å². The fraction of sp³-hybridized carbons (Fsp3) is 0.150. The number of amides is 1. The summed E-state index contributed by atoms with van der Waals surface area (Å²) in [5.41, 5.74) is 4.35. The highest BCUT2D eigenvalue weighted by molar-refractivity contribution is 6.06. The van der Waals surface area contributed by atoms with E-state index in [-0.39, 0.29) is 5.91 Å². The number of carbonyl (C=O) groups is 1. The molecule has 0 aliphatic carbocycles. The van der Waals surface area contributed by atoms with Crippen LogP contribution < -0.4 is 4.90 Å². The smallest absolute Gasteiger partial charge is 0.260 e. The van der Waals surface area contributed by atoms with Crippen LogP contribution in [0.15, 0.2) is 66.9 Å². The lowest BCUT2D eigenvalue weighted by atomic mass is 10.1. The second-order valence-corrected chi connectivity index (χ2v) is 5.68. The SMILES string of the molecule is Cc1ccccc1CN(C(=O)c1ccnnc1C)c1ccccc1. The molecule has 4 nitrogen and oxygen atoms in total. The van der Waals surface area contributed by atoms with Crippen molar-refractivity contribution in [2.24, 2.45) is 0 Å². The Morgan fingerprint density at radius 2 is 1.67 bits per heavy atom. The lowest BCUT2D eigenvalue weighted by Gasteiger charge is -2.24. The van der Waals surface area contributed by atoms with Gasteiger partial charge in [-0.3, -0.25) is 4.79 Å². The van der Waals surface area contributed by atoms with Crippen molar-refractivity contribution in [1.29, 1.82) is 0 Å². The molecule has 1 heterocycles. The number of aromatic nitrogens is 2. The van der Waals surface area contributed by atoms with Crippen LogP contribution in [0.1, 0.15) is 27.2 Å². The molecule has 24 heavy (non-hydrogen) atoms. The molecular formula is C20H19N3O. The highest BCUT2D eigenvalue weighted by atomic mass is 16.2. The summed E-state index contributed by atoms with van der Waals surface area (Å²) in [5, 5.41) is 7.84. The number of benzene rings is 2. The predicted molar refractivity (Wildman–Crippen MR) is 94.9 cm³/mol. The molecule has 3 rings (SSSR count). The number of para-hydroxylation sites is 1. The summed E-state index contributed by atoms with van der Waals surface area (Å²) in [6.07, 6.45) is 1.55. The maximum atomic E-state index is 13.1. The fourth-order valence-electron chi connectivity index (χ4n) is 2.62. The first-order valence-corrected chi connectivity index (χ1v) is 7.86. The van der Waals surface area contributed by atoms with Gasteiger partial charge in [0, 0.05) is 5.69 Å². The average molecular weight is 317 g/mol. The van der Waals surface area contributed by atoms with Crippen molar-refractivity contribution in [2.75, 3.05) is 4.90 Å². The number of hydrogen-bond donors (Lipinski definition) is 0. The quantitative estimate of drug-likeness (QED) is 0.732. The molecule has 120 valence electrons. The lowest BCUT2D eigenvalue weighted by molar-refractivity contribution is 0.0984. The molecule has 0 N–H and O–H groups in total. The van der Waals surface area contributed by atoms with Crippen molar-refractivity contribution in [2.45, 2.75) is 20.4 Å². The van der Waals surface area contributed by atoms with E-state index in [9.17, 15) is 4.79 Å². The van der Waals surface area contributed by atoms with E-state index in [1.807, 2.05) is 42.5 Å². The number of nitrogens with zero attached hydrogens (tertiary/aromatic N) is 3. The molecule has 3 aromatic rings. The highest BCUT2D eigenvalue weighted by Gasteiger charge is 2.20. The first-order valence-electron chi connectivity index (χ1n) is 7.86. The topological polar surface area (TPSA) is 46.1 Å². The Labute approximate surface area is 141 Å². The fourth-order valence-corrected chi connectivity index (χ4v) is 2.62. The van der Waals surface area contributed by atoms with Crippen molar-refractivity contribution in [3.8, 4) is 0 Å². The van der Waals surface area contributed by atoms with Crippen molar-refractivity contribution in [1.82, 2.24) is 10.2 Å². The minimum atomic E-state index is -0.0724. The van der Waals surface area contributed by atoms with Crippen LogP contribution in [0.5, 0.6) is 0 Å². The Kier molecular flexibility index (Phi) is 4.66. The Balaban J connectivity index is 2.01. The Morgan fingerprint density at radius 1 is 0.958 bits per heavy atom. The van der Waals surface area contributed by atoms with Crippen molar-refractivity contribution in [3.63, 3.8) is 0 Å². The molecular weight excluding hydrogens is 298 g/mol. The minimum Gasteiger partial charge on any atom is -0.304 e. The molecule has 0 aliphatic heterocycles. The van der Waals surface area contributed by atoms with E-state index in [0.717, 1.165) is 16.8 Å². The van der Waals surface area contributed by atoms with Gasteiger partial charge in [0.15, 0.2) is 0 Å². The monoisotopic (exact) mass is 317 g/mol. The van der Waals surface area contributed by atoms with Crippen LogP contribution in [0, 0.1) is 13.8 Å². The van der Waals surface area contributed by atoms with Gasteiger partial charge >= 0.3 is 0 Å². The second kappa shape index (κ2) is 7.04. The number of carbonyl (C=O) groups excluding carboxylic acids is 1. The zero-order chi connectivity index (χ0) is 16.9. The van der Waals surface area contributed by atoms with Gasteiger partial charge in [0.2, 0.25) is 0 Å². The van der Waals surface area contributed by atoms with E-state index in [4.69, 9.17) is 0 Å². The van der Waals surface area contributed by atoms with Crippen molar-refractivity contribution < 1.29 is 4.79 Å². The second-order valence-electron chi connectivity index (χ2n) is 5.68. The van der Waals surface area contributed by atoms with Gasteiger partial charge < -0.3 is 4.90 Å². The average Bonchev–Trinajstić information content (AvgIpc) is 2.62. The third-order valence-electron chi connectivity index (χ3n) is 4.04.